The number of para-hydroxylation sites is 1. The minimum atomic E-state index is -0.517. The number of benzene rings is 1. The number of hydrogen-bond acceptors (Lipinski definition) is 3. The second-order valence-electron chi connectivity index (χ2n) is 4.78. The van der Waals surface area contributed by atoms with Gasteiger partial charge in [-0.05, 0) is 19.4 Å². The lowest BCUT2D eigenvalue weighted by Gasteiger charge is -2.08. The highest BCUT2D eigenvalue weighted by atomic mass is 16.3. The van der Waals surface area contributed by atoms with Crippen LogP contribution in [0.3, 0.4) is 0 Å². The molecular weight excluding hydrogens is 242 g/mol. The normalized spacial score (nSPS) is 12.6. The molecule has 0 aliphatic carbocycles. The van der Waals surface area contributed by atoms with Gasteiger partial charge >= 0.3 is 0 Å². The van der Waals surface area contributed by atoms with Crippen molar-refractivity contribution in [2.75, 3.05) is 6.54 Å². The van der Waals surface area contributed by atoms with Crippen LogP contribution in [0.25, 0.3) is 10.9 Å². The number of aromatic nitrogens is 2. The molecule has 2 aromatic rings. The van der Waals surface area contributed by atoms with Crippen molar-refractivity contribution in [3.05, 3.63) is 30.0 Å². The molecule has 0 aliphatic rings. The summed E-state index contributed by atoms with van der Waals surface area (Å²) in [6.45, 7) is 4.51. The molecule has 0 saturated heterocycles. The second-order valence-corrected chi connectivity index (χ2v) is 4.78. The van der Waals surface area contributed by atoms with Gasteiger partial charge in [0.1, 0.15) is 0 Å². The molecule has 1 atom stereocenters. The van der Waals surface area contributed by atoms with Gasteiger partial charge in [0.2, 0.25) is 5.91 Å². The highest BCUT2D eigenvalue weighted by Crippen LogP contribution is 2.17. The quantitative estimate of drug-likeness (QED) is 0.850. The molecule has 102 valence electrons. The molecule has 5 nitrogen and oxygen atoms in total. The highest BCUT2D eigenvalue weighted by molar-refractivity contribution is 5.82. The third-order valence-corrected chi connectivity index (χ3v) is 3.01. The number of aryl methyl sites for hydroxylation is 2. The number of amides is 1. The van der Waals surface area contributed by atoms with Crippen LogP contribution in [0.15, 0.2) is 24.4 Å². The Morgan fingerprint density at radius 1 is 1.53 bits per heavy atom. The minimum Gasteiger partial charge on any atom is -0.392 e. The summed E-state index contributed by atoms with van der Waals surface area (Å²) >= 11 is 0. The Labute approximate surface area is 112 Å². The topological polar surface area (TPSA) is 67.2 Å². The number of carbonyl (C=O) groups is 1. The van der Waals surface area contributed by atoms with Gasteiger partial charge in [-0.2, -0.15) is 5.10 Å². The van der Waals surface area contributed by atoms with Crippen molar-refractivity contribution in [3.8, 4) is 0 Å². The van der Waals surface area contributed by atoms with E-state index in [4.69, 9.17) is 5.11 Å². The van der Waals surface area contributed by atoms with Crippen LogP contribution in [0.4, 0.5) is 0 Å². The standard InChI is InChI=1S/C14H19N3O2/c1-10-4-3-5-12-9-16-17(14(10)12)7-6-13(19)15-8-11(2)18/h3-5,9,11,18H,6-8H2,1-2H3,(H,15,19). The Hall–Kier alpha value is -1.88. The summed E-state index contributed by atoms with van der Waals surface area (Å²) in [6, 6.07) is 6.05. The molecule has 1 heterocycles. The van der Waals surface area contributed by atoms with Crippen LogP contribution in [0, 0.1) is 6.92 Å². The number of hydrogen-bond donors (Lipinski definition) is 2. The summed E-state index contributed by atoms with van der Waals surface area (Å²) in [5.74, 6) is -0.0712. The van der Waals surface area contributed by atoms with Crippen LogP contribution >= 0.6 is 0 Å². The summed E-state index contributed by atoms with van der Waals surface area (Å²) in [4.78, 5) is 11.6. The highest BCUT2D eigenvalue weighted by Gasteiger charge is 2.08. The van der Waals surface area contributed by atoms with Gasteiger partial charge in [-0.1, -0.05) is 18.2 Å². The minimum absolute atomic E-state index is 0.0712. The summed E-state index contributed by atoms with van der Waals surface area (Å²) in [5.41, 5.74) is 2.23. The van der Waals surface area contributed by atoms with E-state index < -0.39 is 6.10 Å². The van der Waals surface area contributed by atoms with E-state index in [0.717, 1.165) is 16.5 Å². The molecule has 1 aromatic carbocycles. The molecule has 0 fully saturated rings. The Kier molecular flexibility index (Phi) is 4.16. The molecule has 1 amide bonds. The van der Waals surface area contributed by atoms with Crippen molar-refractivity contribution in [2.45, 2.75) is 32.9 Å². The van der Waals surface area contributed by atoms with E-state index in [9.17, 15) is 4.79 Å². The fraction of sp³-hybridized carbons (Fsp3) is 0.429. The fourth-order valence-electron chi connectivity index (χ4n) is 2.05. The average molecular weight is 261 g/mol. The SMILES string of the molecule is Cc1cccc2cnn(CCC(=O)NCC(C)O)c12. The predicted molar refractivity (Wildman–Crippen MR) is 73.8 cm³/mol. The van der Waals surface area contributed by atoms with E-state index in [2.05, 4.69) is 10.4 Å². The molecule has 0 spiro atoms. The van der Waals surface area contributed by atoms with Crippen LogP contribution < -0.4 is 5.32 Å². The number of carbonyl (C=O) groups excluding carboxylic acids is 1. The van der Waals surface area contributed by atoms with Crippen LogP contribution in [-0.4, -0.2) is 33.4 Å². The molecule has 0 aliphatic heterocycles. The Morgan fingerprint density at radius 3 is 3.05 bits per heavy atom. The number of aliphatic hydroxyl groups is 1. The number of nitrogens with zero attached hydrogens (tertiary/aromatic N) is 2. The van der Waals surface area contributed by atoms with E-state index in [1.54, 1.807) is 6.92 Å². The summed E-state index contributed by atoms with van der Waals surface area (Å²) < 4.78 is 1.85. The first-order valence-electron chi connectivity index (χ1n) is 6.44. The van der Waals surface area contributed by atoms with E-state index in [1.165, 1.54) is 0 Å². The molecular formula is C14H19N3O2. The lowest BCUT2D eigenvalue weighted by Crippen LogP contribution is -2.31. The van der Waals surface area contributed by atoms with E-state index in [1.807, 2.05) is 36.0 Å². The van der Waals surface area contributed by atoms with Crippen LogP contribution in [-0.2, 0) is 11.3 Å². The van der Waals surface area contributed by atoms with Gasteiger partial charge in [-0.25, -0.2) is 0 Å². The summed E-state index contributed by atoms with van der Waals surface area (Å²) in [5, 5.41) is 17.2. The van der Waals surface area contributed by atoms with Gasteiger partial charge < -0.3 is 10.4 Å². The molecule has 0 bridgehead atoms. The maximum Gasteiger partial charge on any atom is 0.221 e. The Balaban J connectivity index is 2.00. The second kappa shape index (κ2) is 5.84. The molecule has 19 heavy (non-hydrogen) atoms. The first-order chi connectivity index (χ1) is 9.08. The molecule has 0 radical (unpaired) electrons. The van der Waals surface area contributed by atoms with Crippen molar-refractivity contribution >= 4 is 16.8 Å². The Morgan fingerprint density at radius 2 is 2.32 bits per heavy atom. The lowest BCUT2D eigenvalue weighted by molar-refractivity contribution is -0.121. The number of rotatable bonds is 5. The van der Waals surface area contributed by atoms with Crippen LogP contribution in [0.1, 0.15) is 18.9 Å². The number of aliphatic hydroxyl groups excluding tert-OH is 1. The summed E-state index contributed by atoms with van der Waals surface area (Å²) in [6.07, 6.45) is 1.66. The van der Waals surface area contributed by atoms with Gasteiger partial charge in [0.15, 0.2) is 0 Å². The fourth-order valence-corrected chi connectivity index (χ4v) is 2.05. The van der Waals surface area contributed by atoms with Crippen molar-refractivity contribution in [1.29, 1.82) is 0 Å². The van der Waals surface area contributed by atoms with Crippen molar-refractivity contribution < 1.29 is 9.90 Å². The maximum absolute atomic E-state index is 11.6. The first-order valence-corrected chi connectivity index (χ1v) is 6.44. The smallest absolute Gasteiger partial charge is 0.221 e. The van der Waals surface area contributed by atoms with Gasteiger partial charge in [-0.15, -0.1) is 0 Å². The first kappa shape index (κ1) is 13.5. The van der Waals surface area contributed by atoms with Crippen LogP contribution in [0.5, 0.6) is 0 Å². The van der Waals surface area contributed by atoms with Gasteiger partial charge in [0, 0.05) is 18.4 Å². The molecule has 1 unspecified atom stereocenters. The molecule has 5 heteroatoms. The van der Waals surface area contributed by atoms with Crippen LogP contribution in [0.2, 0.25) is 0 Å². The third-order valence-electron chi connectivity index (χ3n) is 3.01. The molecule has 0 saturated carbocycles. The number of fused-ring (bicyclic) bond motifs is 1. The third kappa shape index (κ3) is 3.32. The van der Waals surface area contributed by atoms with Gasteiger partial charge in [-0.3, -0.25) is 9.48 Å². The maximum atomic E-state index is 11.6. The van der Waals surface area contributed by atoms with Crippen molar-refractivity contribution in [3.63, 3.8) is 0 Å². The predicted octanol–water partition coefficient (Wildman–Crippen LogP) is 1.23. The largest absolute Gasteiger partial charge is 0.392 e. The lowest BCUT2D eigenvalue weighted by atomic mass is 10.2. The van der Waals surface area contributed by atoms with E-state index >= 15 is 0 Å². The van der Waals surface area contributed by atoms with Gasteiger partial charge in [0.05, 0.1) is 24.4 Å². The zero-order valence-corrected chi connectivity index (χ0v) is 11.3. The van der Waals surface area contributed by atoms with Crippen molar-refractivity contribution in [2.24, 2.45) is 0 Å². The monoisotopic (exact) mass is 261 g/mol. The van der Waals surface area contributed by atoms with Gasteiger partial charge in [0.25, 0.3) is 0 Å². The molecule has 1 aromatic heterocycles. The average Bonchev–Trinajstić information content (AvgIpc) is 2.78. The van der Waals surface area contributed by atoms with E-state index in [0.29, 0.717) is 13.0 Å². The summed E-state index contributed by atoms with van der Waals surface area (Å²) in [7, 11) is 0. The Bertz CT molecular complexity index is 575. The molecule has 2 rings (SSSR count). The molecule has 2 N–H and O–H groups in total. The van der Waals surface area contributed by atoms with E-state index in [-0.39, 0.29) is 12.5 Å². The van der Waals surface area contributed by atoms with Crippen molar-refractivity contribution in [1.82, 2.24) is 15.1 Å². The zero-order valence-electron chi connectivity index (χ0n) is 11.3. The zero-order chi connectivity index (χ0) is 13.8. The number of nitrogens with one attached hydrogen (secondary N) is 1.